The number of nitrogens with zero attached hydrogens (tertiary/aromatic N) is 2. The van der Waals surface area contributed by atoms with E-state index in [1.807, 2.05) is 17.9 Å². The van der Waals surface area contributed by atoms with Gasteiger partial charge in [-0.05, 0) is 38.3 Å². The molecule has 122 valence electrons. The maximum atomic E-state index is 4.26. The summed E-state index contributed by atoms with van der Waals surface area (Å²) in [5.74, 6) is 0. The van der Waals surface area contributed by atoms with Gasteiger partial charge < -0.3 is 5.32 Å². The Morgan fingerprint density at radius 1 is 1.05 bits per heavy atom. The predicted octanol–water partition coefficient (Wildman–Crippen LogP) is 4.47. The van der Waals surface area contributed by atoms with Crippen LogP contribution in [0.5, 0.6) is 0 Å². The zero-order chi connectivity index (χ0) is 15.3. The Labute approximate surface area is 131 Å². The van der Waals surface area contributed by atoms with E-state index in [4.69, 9.17) is 0 Å². The van der Waals surface area contributed by atoms with E-state index in [-0.39, 0.29) is 0 Å². The number of hydrogen-bond acceptors (Lipinski definition) is 2. The van der Waals surface area contributed by atoms with E-state index in [9.17, 15) is 0 Å². The lowest BCUT2D eigenvalue weighted by Crippen LogP contribution is -2.30. The third kappa shape index (κ3) is 8.25. The van der Waals surface area contributed by atoms with E-state index < -0.39 is 0 Å². The van der Waals surface area contributed by atoms with E-state index in [1.54, 1.807) is 0 Å². The summed E-state index contributed by atoms with van der Waals surface area (Å²) >= 11 is 0. The lowest BCUT2D eigenvalue weighted by atomic mass is 10.0. The van der Waals surface area contributed by atoms with Crippen LogP contribution < -0.4 is 5.32 Å². The van der Waals surface area contributed by atoms with Crippen LogP contribution in [0.2, 0.25) is 0 Å². The van der Waals surface area contributed by atoms with Gasteiger partial charge in [0, 0.05) is 25.0 Å². The molecule has 3 nitrogen and oxygen atoms in total. The Hall–Kier alpha value is -0.830. The molecule has 0 fully saturated rings. The molecule has 1 rings (SSSR count). The van der Waals surface area contributed by atoms with E-state index in [2.05, 4.69) is 30.3 Å². The number of aryl methyl sites for hydroxylation is 2. The van der Waals surface area contributed by atoms with Gasteiger partial charge in [0.15, 0.2) is 0 Å². The van der Waals surface area contributed by atoms with Crippen molar-refractivity contribution in [2.24, 2.45) is 7.05 Å². The molecule has 21 heavy (non-hydrogen) atoms. The fourth-order valence-electron chi connectivity index (χ4n) is 2.84. The second-order valence-electron chi connectivity index (χ2n) is 6.19. The molecule has 0 bridgehead atoms. The average Bonchev–Trinajstić information content (AvgIpc) is 2.90. The SMILES string of the molecule is CCCCCCCCC(CCc1ccnn1C)NCCC. The van der Waals surface area contributed by atoms with E-state index in [0.717, 1.165) is 13.0 Å². The second-order valence-corrected chi connectivity index (χ2v) is 6.19. The normalized spacial score (nSPS) is 12.7. The summed E-state index contributed by atoms with van der Waals surface area (Å²) in [5, 5.41) is 7.98. The van der Waals surface area contributed by atoms with Gasteiger partial charge in [-0.15, -0.1) is 0 Å². The van der Waals surface area contributed by atoms with Crippen LogP contribution in [-0.4, -0.2) is 22.4 Å². The summed E-state index contributed by atoms with van der Waals surface area (Å²) in [6.45, 7) is 5.67. The van der Waals surface area contributed by atoms with Gasteiger partial charge in [-0.1, -0.05) is 52.4 Å². The van der Waals surface area contributed by atoms with Crippen LogP contribution in [0, 0.1) is 0 Å². The molecule has 0 aromatic carbocycles. The summed E-state index contributed by atoms with van der Waals surface area (Å²) in [6, 6.07) is 2.81. The molecule has 0 saturated carbocycles. The summed E-state index contributed by atoms with van der Waals surface area (Å²) in [4.78, 5) is 0. The Balaban J connectivity index is 2.22. The van der Waals surface area contributed by atoms with Crippen molar-refractivity contribution in [3.8, 4) is 0 Å². The molecule has 0 saturated heterocycles. The summed E-state index contributed by atoms with van der Waals surface area (Å²) in [7, 11) is 2.04. The number of hydrogen-bond donors (Lipinski definition) is 1. The van der Waals surface area contributed by atoms with Gasteiger partial charge in [-0.3, -0.25) is 4.68 Å². The Kier molecular flexibility index (Phi) is 10.2. The number of aromatic nitrogens is 2. The smallest absolute Gasteiger partial charge is 0.0492 e. The van der Waals surface area contributed by atoms with Gasteiger partial charge >= 0.3 is 0 Å². The molecule has 1 aromatic rings. The van der Waals surface area contributed by atoms with Gasteiger partial charge in [0.05, 0.1) is 0 Å². The largest absolute Gasteiger partial charge is 0.314 e. The Morgan fingerprint density at radius 2 is 1.81 bits per heavy atom. The van der Waals surface area contributed by atoms with Crippen LogP contribution in [0.1, 0.15) is 77.3 Å². The molecule has 1 heterocycles. The van der Waals surface area contributed by atoms with Crippen LogP contribution in [-0.2, 0) is 13.5 Å². The third-order valence-electron chi connectivity index (χ3n) is 4.26. The van der Waals surface area contributed by atoms with Crippen LogP contribution in [0.15, 0.2) is 12.3 Å². The lowest BCUT2D eigenvalue weighted by molar-refractivity contribution is 0.426. The van der Waals surface area contributed by atoms with Crippen molar-refractivity contribution in [1.82, 2.24) is 15.1 Å². The Bertz CT molecular complexity index is 346. The van der Waals surface area contributed by atoms with Crippen LogP contribution in [0.25, 0.3) is 0 Å². The molecule has 0 aliphatic carbocycles. The van der Waals surface area contributed by atoms with Gasteiger partial charge in [0.25, 0.3) is 0 Å². The highest BCUT2D eigenvalue weighted by atomic mass is 15.2. The van der Waals surface area contributed by atoms with Crippen molar-refractivity contribution in [2.45, 2.75) is 84.1 Å². The summed E-state index contributed by atoms with van der Waals surface area (Å²) in [5.41, 5.74) is 1.35. The number of nitrogens with one attached hydrogen (secondary N) is 1. The van der Waals surface area contributed by atoms with Gasteiger partial charge in [-0.2, -0.15) is 5.10 Å². The van der Waals surface area contributed by atoms with Crippen LogP contribution in [0.4, 0.5) is 0 Å². The highest BCUT2D eigenvalue weighted by Gasteiger charge is 2.09. The molecule has 1 N–H and O–H groups in total. The Morgan fingerprint density at radius 3 is 2.48 bits per heavy atom. The first-order valence-electron chi connectivity index (χ1n) is 8.98. The minimum absolute atomic E-state index is 0.672. The maximum Gasteiger partial charge on any atom is 0.0492 e. The number of rotatable bonds is 13. The fourth-order valence-corrected chi connectivity index (χ4v) is 2.84. The van der Waals surface area contributed by atoms with Crippen molar-refractivity contribution < 1.29 is 0 Å². The predicted molar refractivity (Wildman–Crippen MR) is 91.6 cm³/mol. The van der Waals surface area contributed by atoms with Crippen molar-refractivity contribution in [3.05, 3.63) is 18.0 Å². The summed E-state index contributed by atoms with van der Waals surface area (Å²) < 4.78 is 2.00. The quantitative estimate of drug-likeness (QED) is 0.544. The molecule has 0 aliphatic heterocycles. The zero-order valence-electron chi connectivity index (χ0n) is 14.4. The third-order valence-corrected chi connectivity index (χ3v) is 4.26. The highest BCUT2D eigenvalue weighted by Crippen LogP contribution is 2.12. The highest BCUT2D eigenvalue weighted by molar-refractivity contribution is 5.00. The molecule has 0 radical (unpaired) electrons. The first-order valence-corrected chi connectivity index (χ1v) is 8.98. The minimum Gasteiger partial charge on any atom is -0.314 e. The van der Waals surface area contributed by atoms with E-state index >= 15 is 0 Å². The first-order chi connectivity index (χ1) is 10.3. The molecule has 1 atom stereocenters. The monoisotopic (exact) mass is 293 g/mol. The molecule has 0 aliphatic rings. The fraction of sp³-hybridized carbons (Fsp3) is 0.833. The van der Waals surface area contributed by atoms with Gasteiger partial charge in [0.1, 0.15) is 0 Å². The lowest BCUT2D eigenvalue weighted by Gasteiger charge is -2.18. The molecule has 0 spiro atoms. The van der Waals surface area contributed by atoms with Crippen molar-refractivity contribution in [3.63, 3.8) is 0 Å². The minimum atomic E-state index is 0.672. The van der Waals surface area contributed by atoms with Gasteiger partial charge in [0.2, 0.25) is 0 Å². The first kappa shape index (κ1) is 18.2. The second kappa shape index (κ2) is 11.8. The van der Waals surface area contributed by atoms with Crippen LogP contribution in [0.3, 0.4) is 0 Å². The molecule has 1 aromatic heterocycles. The van der Waals surface area contributed by atoms with Crippen molar-refractivity contribution in [2.75, 3.05) is 6.54 Å². The topological polar surface area (TPSA) is 29.9 Å². The molecule has 0 amide bonds. The molecule has 1 unspecified atom stereocenters. The number of unbranched alkanes of at least 4 members (excludes halogenated alkanes) is 5. The summed E-state index contributed by atoms with van der Waals surface area (Å²) in [6.07, 6.45) is 15.1. The standard InChI is InChI=1S/C18H35N3/c1-4-6-7-8-9-10-11-17(19-15-5-2)12-13-18-14-16-20-21(18)3/h14,16-17,19H,4-13,15H2,1-3H3. The van der Waals surface area contributed by atoms with Crippen molar-refractivity contribution in [1.29, 1.82) is 0 Å². The molecular formula is C18H35N3. The zero-order valence-corrected chi connectivity index (χ0v) is 14.4. The maximum absolute atomic E-state index is 4.26. The van der Waals surface area contributed by atoms with E-state index in [1.165, 1.54) is 63.5 Å². The van der Waals surface area contributed by atoms with Gasteiger partial charge in [-0.25, -0.2) is 0 Å². The van der Waals surface area contributed by atoms with Crippen molar-refractivity contribution >= 4 is 0 Å². The van der Waals surface area contributed by atoms with E-state index in [0.29, 0.717) is 6.04 Å². The van der Waals surface area contributed by atoms with Crippen LogP contribution >= 0.6 is 0 Å². The molecule has 3 heteroatoms. The average molecular weight is 293 g/mol. The molecular weight excluding hydrogens is 258 g/mol.